The van der Waals surface area contributed by atoms with Crippen molar-refractivity contribution in [2.45, 2.75) is 39.0 Å². The predicted molar refractivity (Wildman–Crippen MR) is 85.5 cm³/mol. The van der Waals surface area contributed by atoms with E-state index in [0.717, 1.165) is 37.9 Å². The average molecular weight is 314 g/mol. The molecular formula is C17H22N4O2. The summed E-state index contributed by atoms with van der Waals surface area (Å²) >= 11 is 0. The van der Waals surface area contributed by atoms with Crippen LogP contribution in [0.2, 0.25) is 0 Å². The topological polar surface area (TPSA) is 72.1 Å². The minimum Gasteiger partial charge on any atom is -0.342 e. The fraction of sp³-hybridized carbons (Fsp3) is 0.529. The molecule has 0 unspecified atom stereocenters. The first kappa shape index (κ1) is 15.6. The monoisotopic (exact) mass is 314 g/mol. The molecule has 3 rings (SSSR count). The summed E-state index contributed by atoms with van der Waals surface area (Å²) in [5.41, 5.74) is 0.902. The SMILES string of the molecule is CC[C@@H](C)C(=O)N1CCC(c2nc(-c3ccncc3)no2)CC1. The predicted octanol–water partition coefficient (Wildman–Crippen LogP) is 2.88. The lowest BCUT2D eigenvalue weighted by Gasteiger charge is -2.32. The maximum atomic E-state index is 12.2. The molecule has 0 bridgehead atoms. The second kappa shape index (κ2) is 6.89. The Balaban J connectivity index is 1.62. The molecule has 23 heavy (non-hydrogen) atoms. The Morgan fingerprint density at radius 2 is 2.04 bits per heavy atom. The van der Waals surface area contributed by atoms with E-state index in [-0.39, 0.29) is 17.7 Å². The Kier molecular flexibility index (Phi) is 4.69. The van der Waals surface area contributed by atoms with E-state index in [1.54, 1.807) is 12.4 Å². The van der Waals surface area contributed by atoms with E-state index in [2.05, 4.69) is 15.1 Å². The molecule has 0 spiro atoms. The highest BCUT2D eigenvalue weighted by molar-refractivity contribution is 5.78. The van der Waals surface area contributed by atoms with Crippen molar-refractivity contribution in [3.63, 3.8) is 0 Å². The highest BCUT2D eigenvalue weighted by Crippen LogP contribution is 2.29. The zero-order valence-corrected chi connectivity index (χ0v) is 13.6. The van der Waals surface area contributed by atoms with Crippen LogP contribution in [0.5, 0.6) is 0 Å². The molecule has 2 aromatic heterocycles. The van der Waals surface area contributed by atoms with Gasteiger partial charge in [0.25, 0.3) is 0 Å². The van der Waals surface area contributed by atoms with Crippen LogP contribution in [-0.2, 0) is 4.79 Å². The molecule has 0 aliphatic carbocycles. The smallest absolute Gasteiger partial charge is 0.230 e. The van der Waals surface area contributed by atoms with Crippen LogP contribution in [-0.4, -0.2) is 39.0 Å². The Hall–Kier alpha value is -2.24. The molecule has 3 heterocycles. The molecule has 6 nitrogen and oxygen atoms in total. The standard InChI is InChI=1S/C17H22N4O2/c1-3-12(2)17(22)21-10-6-14(7-11-21)16-19-15(20-23-16)13-4-8-18-9-5-13/h4-5,8-9,12,14H,3,6-7,10-11H2,1-2H3/t12-/m1/s1. The van der Waals surface area contributed by atoms with Gasteiger partial charge in [-0.1, -0.05) is 19.0 Å². The number of rotatable bonds is 4. The summed E-state index contributed by atoms with van der Waals surface area (Å²) in [5.74, 6) is 1.87. The van der Waals surface area contributed by atoms with E-state index in [9.17, 15) is 4.79 Å². The highest BCUT2D eigenvalue weighted by atomic mass is 16.5. The first-order chi connectivity index (χ1) is 11.2. The van der Waals surface area contributed by atoms with Gasteiger partial charge < -0.3 is 9.42 Å². The number of pyridine rings is 1. The van der Waals surface area contributed by atoms with E-state index >= 15 is 0 Å². The number of likely N-dealkylation sites (tertiary alicyclic amines) is 1. The number of amides is 1. The van der Waals surface area contributed by atoms with Crippen molar-refractivity contribution in [2.24, 2.45) is 5.92 Å². The Labute approximate surface area is 135 Å². The number of aromatic nitrogens is 3. The van der Waals surface area contributed by atoms with Gasteiger partial charge in [-0.2, -0.15) is 4.98 Å². The third-order valence-corrected chi connectivity index (χ3v) is 4.57. The zero-order valence-electron chi connectivity index (χ0n) is 13.6. The summed E-state index contributed by atoms with van der Waals surface area (Å²) in [6.07, 6.45) is 6.06. The van der Waals surface area contributed by atoms with Crippen LogP contribution in [0.25, 0.3) is 11.4 Å². The van der Waals surface area contributed by atoms with Gasteiger partial charge in [0.2, 0.25) is 17.6 Å². The third kappa shape index (κ3) is 3.41. The first-order valence-corrected chi connectivity index (χ1v) is 8.21. The van der Waals surface area contributed by atoms with E-state index in [1.807, 2.05) is 30.9 Å². The molecule has 1 aliphatic rings. The lowest BCUT2D eigenvalue weighted by atomic mass is 9.95. The molecule has 0 aromatic carbocycles. The second-order valence-corrected chi connectivity index (χ2v) is 6.10. The fourth-order valence-corrected chi connectivity index (χ4v) is 2.85. The van der Waals surface area contributed by atoms with Gasteiger partial charge in [0.15, 0.2) is 0 Å². The van der Waals surface area contributed by atoms with Crippen LogP contribution >= 0.6 is 0 Å². The molecule has 0 saturated carbocycles. The van der Waals surface area contributed by atoms with E-state index in [4.69, 9.17) is 4.52 Å². The molecule has 1 aliphatic heterocycles. The van der Waals surface area contributed by atoms with Crippen LogP contribution in [0.4, 0.5) is 0 Å². The van der Waals surface area contributed by atoms with Crippen molar-refractivity contribution in [1.82, 2.24) is 20.0 Å². The quantitative estimate of drug-likeness (QED) is 0.867. The van der Waals surface area contributed by atoms with Gasteiger partial charge in [-0.3, -0.25) is 9.78 Å². The summed E-state index contributed by atoms with van der Waals surface area (Å²) in [5, 5.41) is 4.06. The van der Waals surface area contributed by atoms with Crippen molar-refractivity contribution in [3.8, 4) is 11.4 Å². The van der Waals surface area contributed by atoms with Crippen LogP contribution in [0.1, 0.15) is 44.9 Å². The number of carbonyl (C=O) groups excluding carboxylic acids is 1. The summed E-state index contributed by atoms with van der Waals surface area (Å²) < 4.78 is 5.44. The van der Waals surface area contributed by atoms with Crippen molar-refractivity contribution in [3.05, 3.63) is 30.4 Å². The normalized spacial score (nSPS) is 17.2. The lowest BCUT2D eigenvalue weighted by Crippen LogP contribution is -2.40. The van der Waals surface area contributed by atoms with Crippen molar-refractivity contribution in [2.75, 3.05) is 13.1 Å². The third-order valence-electron chi connectivity index (χ3n) is 4.57. The van der Waals surface area contributed by atoms with Gasteiger partial charge in [-0.05, 0) is 31.4 Å². The average Bonchev–Trinajstić information content (AvgIpc) is 3.11. The van der Waals surface area contributed by atoms with E-state index < -0.39 is 0 Å². The van der Waals surface area contributed by atoms with E-state index in [0.29, 0.717) is 11.7 Å². The molecule has 1 atom stereocenters. The number of nitrogens with zero attached hydrogens (tertiary/aromatic N) is 4. The Bertz CT molecular complexity index is 648. The van der Waals surface area contributed by atoms with Crippen molar-refractivity contribution in [1.29, 1.82) is 0 Å². The summed E-state index contributed by atoms with van der Waals surface area (Å²) in [4.78, 5) is 22.7. The minimum atomic E-state index is 0.105. The van der Waals surface area contributed by atoms with Gasteiger partial charge >= 0.3 is 0 Å². The maximum Gasteiger partial charge on any atom is 0.230 e. The van der Waals surface area contributed by atoms with Gasteiger partial charge in [0.1, 0.15) is 0 Å². The Morgan fingerprint density at radius 1 is 1.35 bits per heavy atom. The maximum absolute atomic E-state index is 12.2. The molecule has 1 amide bonds. The number of hydrogen-bond acceptors (Lipinski definition) is 5. The minimum absolute atomic E-state index is 0.105. The molecule has 2 aromatic rings. The summed E-state index contributed by atoms with van der Waals surface area (Å²) in [6.45, 7) is 5.57. The zero-order chi connectivity index (χ0) is 16.2. The van der Waals surface area contributed by atoms with Crippen molar-refractivity contribution < 1.29 is 9.32 Å². The molecule has 1 fully saturated rings. The Morgan fingerprint density at radius 3 is 2.70 bits per heavy atom. The molecule has 6 heteroatoms. The number of carbonyl (C=O) groups is 1. The summed E-state index contributed by atoms with van der Waals surface area (Å²) in [7, 11) is 0. The van der Waals surface area contributed by atoms with Crippen LogP contribution in [0, 0.1) is 5.92 Å². The molecule has 0 N–H and O–H groups in total. The van der Waals surface area contributed by atoms with Crippen LogP contribution in [0.15, 0.2) is 29.0 Å². The fourth-order valence-electron chi connectivity index (χ4n) is 2.85. The van der Waals surface area contributed by atoms with Crippen LogP contribution < -0.4 is 0 Å². The summed E-state index contributed by atoms with van der Waals surface area (Å²) in [6, 6.07) is 3.73. The molecule has 122 valence electrons. The van der Waals surface area contributed by atoms with Gasteiger partial charge in [-0.15, -0.1) is 0 Å². The number of piperidine rings is 1. The highest BCUT2D eigenvalue weighted by Gasteiger charge is 2.29. The first-order valence-electron chi connectivity index (χ1n) is 8.21. The largest absolute Gasteiger partial charge is 0.342 e. The lowest BCUT2D eigenvalue weighted by molar-refractivity contribution is -0.136. The van der Waals surface area contributed by atoms with Gasteiger partial charge in [0.05, 0.1) is 0 Å². The second-order valence-electron chi connectivity index (χ2n) is 6.10. The number of hydrogen-bond donors (Lipinski definition) is 0. The van der Waals surface area contributed by atoms with Gasteiger partial charge in [0, 0.05) is 42.9 Å². The van der Waals surface area contributed by atoms with Crippen molar-refractivity contribution >= 4 is 5.91 Å². The van der Waals surface area contributed by atoms with Gasteiger partial charge in [-0.25, -0.2) is 0 Å². The molecule has 1 saturated heterocycles. The van der Waals surface area contributed by atoms with E-state index in [1.165, 1.54) is 0 Å². The molecule has 0 radical (unpaired) electrons. The van der Waals surface area contributed by atoms with Crippen LogP contribution in [0.3, 0.4) is 0 Å². The molecular weight excluding hydrogens is 292 g/mol.